The second kappa shape index (κ2) is 6.54. The van der Waals surface area contributed by atoms with Crippen LogP contribution in [0.4, 0.5) is 0 Å². The maximum Gasteiger partial charge on any atom is 0.489 e. The zero-order valence-electron chi connectivity index (χ0n) is 10.7. The normalized spacial score (nSPS) is 10.8. The van der Waals surface area contributed by atoms with E-state index in [0.29, 0.717) is 22.1 Å². The fraction of sp³-hybridized carbons (Fsp3) is 0. The molecule has 2 rings (SSSR count). The Kier molecular flexibility index (Phi) is 4.76. The summed E-state index contributed by atoms with van der Waals surface area (Å²) in [6.45, 7) is 0. The molecule has 6 heteroatoms. The Morgan fingerprint density at radius 1 is 0.600 bits per heavy atom. The van der Waals surface area contributed by atoms with Crippen LogP contribution in [0.2, 0.25) is 0 Å². The summed E-state index contributed by atoms with van der Waals surface area (Å²) in [5.74, 6) is 0. The van der Waals surface area contributed by atoms with Gasteiger partial charge in [-0.2, -0.15) is 0 Å². The van der Waals surface area contributed by atoms with Crippen LogP contribution in [0.25, 0.3) is 12.2 Å². The van der Waals surface area contributed by atoms with Gasteiger partial charge in [-0.15, -0.1) is 0 Å². The van der Waals surface area contributed by atoms with Crippen molar-refractivity contribution in [3.05, 3.63) is 59.7 Å². The lowest BCUT2D eigenvalue weighted by molar-refractivity contribution is 0.424. The highest BCUT2D eigenvalue weighted by atomic mass is 16.4. The largest absolute Gasteiger partial charge is 0.489 e. The highest BCUT2D eigenvalue weighted by Gasteiger charge is 2.15. The Morgan fingerprint density at radius 2 is 0.950 bits per heavy atom. The monoisotopic (exact) mass is 268 g/mol. The molecule has 0 spiro atoms. The highest BCUT2D eigenvalue weighted by Crippen LogP contribution is 2.06. The molecule has 0 amide bonds. The molecule has 0 aliphatic carbocycles. The van der Waals surface area contributed by atoms with Gasteiger partial charge in [-0.05, 0) is 22.1 Å². The van der Waals surface area contributed by atoms with Gasteiger partial charge in [-0.1, -0.05) is 60.7 Å². The standard InChI is InChI=1S/C14H14B2O4/c17-15(18)13-7-3-1-5-11(13)9-10-12-6-2-4-8-14(12)16(19)20/h1-10,17-20H. The van der Waals surface area contributed by atoms with Crippen molar-refractivity contribution in [2.45, 2.75) is 0 Å². The van der Waals surface area contributed by atoms with Crippen LogP contribution in [0.3, 0.4) is 0 Å². The van der Waals surface area contributed by atoms with Gasteiger partial charge in [0.1, 0.15) is 0 Å². The molecule has 0 saturated carbocycles. The third-order valence-corrected chi connectivity index (χ3v) is 2.99. The first kappa shape index (κ1) is 14.6. The van der Waals surface area contributed by atoms with Gasteiger partial charge < -0.3 is 20.1 Å². The van der Waals surface area contributed by atoms with Crippen LogP contribution in [0.15, 0.2) is 48.5 Å². The van der Waals surface area contributed by atoms with E-state index < -0.39 is 14.2 Å². The Balaban J connectivity index is 2.35. The predicted molar refractivity (Wildman–Crippen MR) is 81.5 cm³/mol. The molecule has 100 valence electrons. The highest BCUT2D eigenvalue weighted by molar-refractivity contribution is 6.60. The summed E-state index contributed by atoms with van der Waals surface area (Å²) in [5, 5.41) is 37.1. The first-order valence-corrected chi connectivity index (χ1v) is 6.18. The van der Waals surface area contributed by atoms with E-state index in [0.717, 1.165) is 0 Å². The summed E-state index contributed by atoms with van der Waals surface area (Å²) < 4.78 is 0. The van der Waals surface area contributed by atoms with Crippen molar-refractivity contribution >= 4 is 37.3 Å². The molecule has 0 aliphatic heterocycles. The third-order valence-electron chi connectivity index (χ3n) is 2.99. The minimum atomic E-state index is -1.55. The third kappa shape index (κ3) is 3.37. The van der Waals surface area contributed by atoms with E-state index in [1.807, 2.05) is 0 Å². The van der Waals surface area contributed by atoms with Crippen molar-refractivity contribution in [2.24, 2.45) is 0 Å². The van der Waals surface area contributed by atoms with Gasteiger partial charge in [-0.25, -0.2) is 0 Å². The maximum absolute atomic E-state index is 9.29. The van der Waals surface area contributed by atoms with E-state index in [1.54, 1.807) is 60.7 Å². The maximum atomic E-state index is 9.29. The van der Waals surface area contributed by atoms with E-state index in [4.69, 9.17) is 0 Å². The second-order valence-electron chi connectivity index (χ2n) is 4.34. The number of benzene rings is 2. The number of rotatable bonds is 4. The van der Waals surface area contributed by atoms with Crippen LogP contribution in [-0.4, -0.2) is 34.3 Å². The average molecular weight is 268 g/mol. The van der Waals surface area contributed by atoms with Gasteiger partial charge in [0, 0.05) is 0 Å². The first-order valence-electron chi connectivity index (χ1n) is 6.18. The summed E-state index contributed by atoms with van der Waals surface area (Å²) in [6.07, 6.45) is 3.41. The lowest BCUT2D eigenvalue weighted by Crippen LogP contribution is -2.32. The molecule has 4 N–H and O–H groups in total. The summed E-state index contributed by atoms with van der Waals surface area (Å²) in [7, 11) is -3.09. The van der Waals surface area contributed by atoms with Crippen molar-refractivity contribution < 1.29 is 20.1 Å². The molecule has 0 heterocycles. The Hall–Kier alpha value is -1.85. The minimum Gasteiger partial charge on any atom is -0.423 e. The van der Waals surface area contributed by atoms with Crippen LogP contribution < -0.4 is 10.9 Å². The molecule has 0 aliphatic rings. The summed E-state index contributed by atoms with van der Waals surface area (Å²) in [4.78, 5) is 0. The summed E-state index contributed by atoms with van der Waals surface area (Å²) >= 11 is 0. The smallest absolute Gasteiger partial charge is 0.423 e. The molecule has 0 atom stereocenters. The molecular weight excluding hydrogens is 254 g/mol. The molecule has 0 radical (unpaired) electrons. The van der Waals surface area contributed by atoms with Gasteiger partial charge in [0.15, 0.2) is 0 Å². The zero-order chi connectivity index (χ0) is 14.5. The lowest BCUT2D eigenvalue weighted by Gasteiger charge is -2.06. The van der Waals surface area contributed by atoms with Crippen LogP contribution >= 0.6 is 0 Å². The molecule has 0 unspecified atom stereocenters. The van der Waals surface area contributed by atoms with Gasteiger partial charge >= 0.3 is 14.2 Å². The van der Waals surface area contributed by atoms with Gasteiger partial charge in [0.25, 0.3) is 0 Å². The Bertz CT molecular complexity index is 558. The van der Waals surface area contributed by atoms with Gasteiger partial charge in [0.05, 0.1) is 0 Å². The zero-order valence-corrected chi connectivity index (χ0v) is 10.7. The van der Waals surface area contributed by atoms with Crippen molar-refractivity contribution in [2.75, 3.05) is 0 Å². The van der Waals surface area contributed by atoms with Crippen LogP contribution in [0.1, 0.15) is 11.1 Å². The first-order chi connectivity index (χ1) is 9.59. The summed E-state index contributed by atoms with van der Waals surface area (Å²) in [5.41, 5.74) is 2.10. The fourth-order valence-electron chi connectivity index (χ4n) is 1.98. The van der Waals surface area contributed by atoms with Crippen molar-refractivity contribution in [1.82, 2.24) is 0 Å². The van der Waals surface area contributed by atoms with E-state index in [-0.39, 0.29) is 0 Å². The number of hydrogen-bond donors (Lipinski definition) is 4. The van der Waals surface area contributed by atoms with Gasteiger partial charge in [0.2, 0.25) is 0 Å². The average Bonchev–Trinajstić information content (AvgIpc) is 2.45. The van der Waals surface area contributed by atoms with E-state index in [2.05, 4.69) is 0 Å². The SMILES string of the molecule is OB(O)c1ccccc1C=Cc1ccccc1B(O)O. The fourth-order valence-corrected chi connectivity index (χ4v) is 1.98. The Morgan fingerprint density at radius 3 is 1.30 bits per heavy atom. The van der Waals surface area contributed by atoms with Crippen molar-refractivity contribution in [3.63, 3.8) is 0 Å². The topological polar surface area (TPSA) is 80.9 Å². The molecule has 0 bridgehead atoms. The summed E-state index contributed by atoms with van der Waals surface area (Å²) in [6, 6.07) is 13.8. The number of hydrogen-bond acceptors (Lipinski definition) is 4. The van der Waals surface area contributed by atoms with Gasteiger partial charge in [-0.3, -0.25) is 0 Å². The second-order valence-corrected chi connectivity index (χ2v) is 4.34. The van der Waals surface area contributed by atoms with Crippen molar-refractivity contribution in [1.29, 1.82) is 0 Å². The van der Waals surface area contributed by atoms with E-state index in [9.17, 15) is 20.1 Å². The Labute approximate surface area is 117 Å². The molecule has 4 nitrogen and oxygen atoms in total. The van der Waals surface area contributed by atoms with Crippen LogP contribution in [0, 0.1) is 0 Å². The molecular formula is C14H14B2O4. The molecule has 0 aromatic heterocycles. The quantitative estimate of drug-likeness (QED) is 0.433. The van der Waals surface area contributed by atoms with E-state index >= 15 is 0 Å². The van der Waals surface area contributed by atoms with Crippen LogP contribution in [0.5, 0.6) is 0 Å². The molecule has 0 fully saturated rings. The van der Waals surface area contributed by atoms with Crippen molar-refractivity contribution in [3.8, 4) is 0 Å². The lowest BCUT2D eigenvalue weighted by atomic mass is 9.75. The molecule has 2 aromatic carbocycles. The predicted octanol–water partition coefficient (Wildman–Crippen LogP) is -0.783. The minimum absolute atomic E-state index is 0.394. The molecule has 20 heavy (non-hydrogen) atoms. The molecule has 0 saturated heterocycles. The van der Waals surface area contributed by atoms with E-state index in [1.165, 1.54) is 0 Å². The van der Waals surface area contributed by atoms with Crippen LogP contribution in [-0.2, 0) is 0 Å². The molecule has 2 aromatic rings.